The maximum Gasteiger partial charge on any atom is 0.401 e. The molecular weight excluding hydrogens is 267 g/mol. The van der Waals surface area contributed by atoms with Gasteiger partial charge in [-0.3, -0.25) is 9.88 Å². The zero-order valence-electron chi connectivity index (χ0n) is 11.8. The van der Waals surface area contributed by atoms with Crippen LogP contribution in [0.2, 0.25) is 0 Å². The van der Waals surface area contributed by atoms with Crippen molar-refractivity contribution in [3.63, 3.8) is 0 Å². The van der Waals surface area contributed by atoms with E-state index in [2.05, 4.69) is 29.8 Å². The summed E-state index contributed by atoms with van der Waals surface area (Å²) >= 11 is 0. The minimum atomic E-state index is -4.11. The Labute approximate surface area is 117 Å². The Morgan fingerprint density at radius 3 is 2.35 bits per heavy atom. The Kier molecular flexibility index (Phi) is 4.52. The van der Waals surface area contributed by atoms with Crippen LogP contribution in [-0.4, -0.2) is 48.8 Å². The minimum absolute atomic E-state index is 0.397. The number of rotatable bonds is 3. The van der Waals surface area contributed by atoms with Crippen LogP contribution in [0.3, 0.4) is 0 Å². The van der Waals surface area contributed by atoms with Crippen LogP contribution in [0.25, 0.3) is 0 Å². The number of alkyl halides is 3. The lowest BCUT2D eigenvalue weighted by atomic mass is 10.1. The summed E-state index contributed by atoms with van der Waals surface area (Å²) < 4.78 is 37.0. The maximum absolute atomic E-state index is 12.3. The van der Waals surface area contributed by atoms with Crippen molar-refractivity contribution >= 4 is 5.69 Å². The van der Waals surface area contributed by atoms with Crippen LogP contribution in [0.15, 0.2) is 18.5 Å². The Morgan fingerprint density at radius 1 is 1.15 bits per heavy atom. The molecule has 1 aliphatic heterocycles. The summed E-state index contributed by atoms with van der Waals surface area (Å²) in [4.78, 5) is 7.78. The van der Waals surface area contributed by atoms with Crippen molar-refractivity contribution in [2.75, 3.05) is 37.6 Å². The second-order valence-electron chi connectivity index (χ2n) is 5.51. The molecule has 0 N–H and O–H groups in total. The molecule has 0 unspecified atom stereocenters. The van der Waals surface area contributed by atoms with E-state index in [1.165, 1.54) is 4.90 Å². The average Bonchev–Trinajstić information content (AvgIpc) is 2.38. The normalized spacial score (nSPS) is 17.8. The molecule has 0 atom stereocenters. The Balaban J connectivity index is 1.95. The Hall–Kier alpha value is -1.30. The third-order valence-corrected chi connectivity index (χ3v) is 3.55. The van der Waals surface area contributed by atoms with Gasteiger partial charge >= 0.3 is 6.18 Å². The first-order chi connectivity index (χ1) is 9.35. The first-order valence-corrected chi connectivity index (χ1v) is 6.84. The second kappa shape index (κ2) is 5.99. The van der Waals surface area contributed by atoms with Crippen molar-refractivity contribution in [3.05, 3.63) is 24.0 Å². The molecule has 2 heterocycles. The van der Waals surface area contributed by atoms with Gasteiger partial charge in [-0.2, -0.15) is 13.2 Å². The highest BCUT2D eigenvalue weighted by Crippen LogP contribution is 2.22. The highest BCUT2D eigenvalue weighted by atomic mass is 19.4. The molecule has 1 fully saturated rings. The monoisotopic (exact) mass is 287 g/mol. The summed E-state index contributed by atoms with van der Waals surface area (Å²) in [7, 11) is 0. The molecule has 1 aliphatic rings. The molecule has 20 heavy (non-hydrogen) atoms. The quantitative estimate of drug-likeness (QED) is 0.852. The van der Waals surface area contributed by atoms with Gasteiger partial charge in [0.25, 0.3) is 0 Å². The number of pyridine rings is 1. The predicted molar refractivity (Wildman–Crippen MR) is 73.0 cm³/mol. The lowest BCUT2D eigenvalue weighted by Crippen LogP contribution is -2.49. The Bertz CT molecular complexity index is 438. The van der Waals surface area contributed by atoms with Gasteiger partial charge in [0.1, 0.15) is 0 Å². The van der Waals surface area contributed by atoms with Gasteiger partial charge in [-0.1, -0.05) is 13.8 Å². The van der Waals surface area contributed by atoms with Crippen molar-refractivity contribution < 1.29 is 13.2 Å². The molecule has 1 aromatic heterocycles. The highest BCUT2D eigenvalue weighted by molar-refractivity contribution is 5.47. The van der Waals surface area contributed by atoms with E-state index in [-0.39, 0.29) is 0 Å². The molecule has 0 spiro atoms. The fraction of sp³-hybridized carbons (Fsp3) is 0.643. The zero-order chi connectivity index (χ0) is 14.8. The first-order valence-electron chi connectivity index (χ1n) is 6.84. The molecule has 112 valence electrons. The second-order valence-corrected chi connectivity index (χ2v) is 5.51. The number of hydrogen-bond acceptors (Lipinski definition) is 3. The van der Waals surface area contributed by atoms with Crippen LogP contribution in [0.4, 0.5) is 18.9 Å². The number of halogens is 3. The fourth-order valence-corrected chi connectivity index (χ4v) is 2.35. The third-order valence-electron chi connectivity index (χ3n) is 3.55. The molecular formula is C14H20F3N3. The molecule has 0 aromatic carbocycles. The summed E-state index contributed by atoms with van der Waals surface area (Å²) in [6.45, 7) is 5.48. The molecule has 2 rings (SSSR count). The van der Waals surface area contributed by atoms with E-state index in [1.54, 1.807) is 6.20 Å². The lowest BCUT2D eigenvalue weighted by Gasteiger charge is -2.36. The molecule has 1 saturated heterocycles. The maximum atomic E-state index is 12.3. The number of piperazine rings is 1. The number of nitrogens with zero attached hydrogens (tertiary/aromatic N) is 3. The molecule has 6 heteroatoms. The highest BCUT2D eigenvalue weighted by Gasteiger charge is 2.32. The molecule has 3 nitrogen and oxygen atoms in total. The van der Waals surface area contributed by atoms with Crippen molar-refractivity contribution in [1.82, 2.24) is 9.88 Å². The lowest BCUT2D eigenvalue weighted by molar-refractivity contribution is -0.146. The molecule has 0 saturated carbocycles. The van der Waals surface area contributed by atoms with E-state index in [0.717, 1.165) is 11.3 Å². The van der Waals surface area contributed by atoms with E-state index < -0.39 is 12.7 Å². The topological polar surface area (TPSA) is 19.4 Å². The summed E-state index contributed by atoms with van der Waals surface area (Å²) in [6.07, 6.45) is -0.485. The zero-order valence-corrected chi connectivity index (χ0v) is 11.8. The molecule has 0 aliphatic carbocycles. The summed E-state index contributed by atoms with van der Waals surface area (Å²) in [6, 6.07) is 2.08. The number of aromatic nitrogens is 1. The van der Waals surface area contributed by atoms with Crippen molar-refractivity contribution in [3.8, 4) is 0 Å². The van der Waals surface area contributed by atoms with Crippen molar-refractivity contribution in [2.45, 2.75) is 25.9 Å². The van der Waals surface area contributed by atoms with Crippen molar-refractivity contribution in [1.29, 1.82) is 0 Å². The van der Waals surface area contributed by atoms with Gasteiger partial charge in [-0.15, -0.1) is 0 Å². The van der Waals surface area contributed by atoms with E-state index in [9.17, 15) is 13.2 Å². The smallest absolute Gasteiger partial charge is 0.368 e. The van der Waals surface area contributed by atoms with Gasteiger partial charge in [0.15, 0.2) is 0 Å². The van der Waals surface area contributed by atoms with Gasteiger partial charge in [-0.25, -0.2) is 0 Å². The van der Waals surface area contributed by atoms with E-state index in [4.69, 9.17) is 0 Å². The van der Waals surface area contributed by atoms with Gasteiger partial charge in [-0.05, 0) is 17.5 Å². The van der Waals surface area contributed by atoms with Crippen LogP contribution >= 0.6 is 0 Å². The summed E-state index contributed by atoms with van der Waals surface area (Å²) in [5.41, 5.74) is 2.16. The summed E-state index contributed by atoms with van der Waals surface area (Å²) in [5, 5.41) is 0. The van der Waals surface area contributed by atoms with E-state index >= 15 is 0 Å². The molecule has 0 amide bonds. The Morgan fingerprint density at radius 2 is 1.80 bits per heavy atom. The van der Waals surface area contributed by atoms with Crippen molar-refractivity contribution in [2.24, 2.45) is 0 Å². The van der Waals surface area contributed by atoms with Gasteiger partial charge < -0.3 is 4.90 Å². The molecule has 0 radical (unpaired) electrons. The molecule has 1 aromatic rings. The predicted octanol–water partition coefficient (Wildman–Crippen LogP) is 2.89. The van der Waals surface area contributed by atoms with Crippen LogP contribution in [-0.2, 0) is 0 Å². The number of hydrogen-bond donors (Lipinski definition) is 0. The number of anilines is 1. The van der Waals surface area contributed by atoms with Crippen LogP contribution in [0.1, 0.15) is 25.3 Å². The molecule has 0 bridgehead atoms. The third kappa shape index (κ3) is 4.10. The average molecular weight is 287 g/mol. The van der Waals surface area contributed by atoms with Crippen LogP contribution in [0.5, 0.6) is 0 Å². The van der Waals surface area contributed by atoms with Crippen LogP contribution in [0, 0.1) is 0 Å². The standard InChI is InChI=1S/C14H20F3N3/c1-11(2)12-7-13(9-18-8-12)20-5-3-19(4-6-20)10-14(15,16)17/h7-9,11H,3-6,10H2,1-2H3. The van der Waals surface area contributed by atoms with Gasteiger partial charge in [0.05, 0.1) is 18.4 Å². The van der Waals surface area contributed by atoms with Gasteiger partial charge in [0.2, 0.25) is 0 Å². The first kappa shape index (κ1) is 15.1. The van der Waals surface area contributed by atoms with Gasteiger partial charge in [0, 0.05) is 32.4 Å². The summed E-state index contributed by atoms with van der Waals surface area (Å²) in [5.74, 6) is 0.397. The SMILES string of the molecule is CC(C)c1cncc(N2CCN(CC(F)(F)F)CC2)c1. The van der Waals surface area contributed by atoms with E-state index in [1.807, 2.05) is 6.20 Å². The largest absolute Gasteiger partial charge is 0.401 e. The minimum Gasteiger partial charge on any atom is -0.368 e. The van der Waals surface area contributed by atoms with E-state index in [0.29, 0.717) is 32.1 Å². The van der Waals surface area contributed by atoms with Crippen LogP contribution < -0.4 is 4.90 Å². The fourth-order valence-electron chi connectivity index (χ4n) is 2.35.